The number of ether oxygens (including phenoxy) is 3. The Labute approximate surface area is 402 Å². The van der Waals surface area contributed by atoms with Crippen LogP contribution >= 0.6 is 0 Å². The Bertz CT molecular complexity index is 1120. The predicted octanol–water partition coefficient (Wildman–Crippen LogP) is 16.4. The zero-order valence-electron chi connectivity index (χ0n) is 43.7. The van der Waals surface area contributed by atoms with E-state index in [2.05, 4.69) is 38.2 Å². The second-order valence-electron chi connectivity index (χ2n) is 20.2. The Kier molecular flexibility index (Phi) is 46.6. The normalized spacial score (nSPS) is 12.9. The molecule has 0 aliphatic carbocycles. The smallest absolute Gasteiger partial charge is 0.362 e. The van der Waals surface area contributed by atoms with E-state index in [1.54, 1.807) is 0 Å². The summed E-state index contributed by atoms with van der Waals surface area (Å²) in [4.78, 5) is 37.2. The number of hydrogen-bond donors (Lipinski definition) is 1. The summed E-state index contributed by atoms with van der Waals surface area (Å²) in [7, 11) is 5.55. The van der Waals surface area contributed by atoms with Crippen LogP contribution in [-0.4, -0.2) is 80.6 Å². The lowest BCUT2D eigenvalue weighted by molar-refractivity contribution is -0.887. The number of carbonyl (C=O) groups excluding carboxylic acids is 2. The number of allylic oxidation sites excluding steroid dienone is 4. The summed E-state index contributed by atoms with van der Waals surface area (Å²) in [5.41, 5.74) is 0. The molecule has 8 nitrogen and oxygen atoms in total. The SMILES string of the molecule is CCCCCC/C=C\C/C=C\CCCCCCCCCC(=O)OC(COCCC(C(=O)O)[N+](C)(C)C)COC(=O)CCCCCCCCCCCCCCCCCCCCCCCCC. The maximum absolute atomic E-state index is 12.8. The number of rotatable bonds is 51. The fourth-order valence-corrected chi connectivity index (χ4v) is 8.54. The topological polar surface area (TPSA) is 99.1 Å². The van der Waals surface area contributed by atoms with E-state index in [1.165, 1.54) is 186 Å². The number of likely N-dealkylation sites (N-methyl/N-ethyl adjacent to an activating group) is 1. The van der Waals surface area contributed by atoms with E-state index in [1.807, 2.05) is 21.1 Å². The van der Waals surface area contributed by atoms with Crippen LogP contribution in [-0.2, 0) is 28.6 Å². The van der Waals surface area contributed by atoms with Crippen molar-refractivity contribution in [2.45, 2.75) is 283 Å². The molecule has 382 valence electrons. The third-order valence-electron chi connectivity index (χ3n) is 12.9. The zero-order valence-corrected chi connectivity index (χ0v) is 43.7. The molecule has 1 N–H and O–H groups in total. The average molecular weight is 919 g/mol. The van der Waals surface area contributed by atoms with Gasteiger partial charge in [0, 0.05) is 19.3 Å². The molecular formula is C57H108NO7+. The fraction of sp³-hybridized carbons (Fsp3) is 0.877. The van der Waals surface area contributed by atoms with Crippen LogP contribution in [0.15, 0.2) is 24.3 Å². The lowest BCUT2D eigenvalue weighted by Gasteiger charge is -2.31. The van der Waals surface area contributed by atoms with Crippen LogP contribution in [0, 0.1) is 0 Å². The van der Waals surface area contributed by atoms with E-state index in [0.29, 0.717) is 19.3 Å². The Hall–Kier alpha value is -2.19. The van der Waals surface area contributed by atoms with Crippen LogP contribution in [0.5, 0.6) is 0 Å². The van der Waals surface area contributed by atoms with Crippen molar-refractivity contribution in [2.24, 2.45) is 0 Å². The van der Waals surface area contributed by atoms with E-state index in [4.69, 9.17) is 14.2 Å². The number of quaternary nitrogens is 1. The molecule has 0 spiro atoms. The molecule has 0 saturated carbocycles. The maximum Gasteiger partial charge on any atom is 0.362 e. The summed E-state index contributed by atoms with van der Waals surface area (Å²) in [6, 6.07) is -0.614. The van der Waals surface area contributed by atoms with Gasteiger partial charge in [0.2, 0.25) is 0 Å². The van der Waals surface area contributed by atoms with Crippen molar-refractivity contribution in [3.63, 3.8) is 0 Å². The number of carboxylic acids is 1. The lowest BCUT2D eigenvalue weighted by atomic mass is 10.0. The molecule has 0 aliphatic heterocycles. The van der Waals surface area contributed by atoms with Crippen molar-refractivity contribution in [3.05, 3.63) is 24.3 Å². The highest BCUT2D eigenvalue weighted by atomic mass is 16.6. The van der Waals surface area contributed by atoms with Gasteiger partial charge >= 0.3 is 17.9 Å². The molecule has 0 aromatic rings. The highest BCUT2D eigenvalue weighted by Crippen LogP contribution is 2.17. The van der Waals surface area contributed by atoms with Crippen LogP contribution < -0.4 is 0 Å². The van der Waals surface area contributed by atoms with Crippen molar-refractivity contribution in [2.75, 3.05) is 41.0 Å². The summed E-state index contributed by atoms with van der Waals surface area (Å²) in [6.07, 6.45) is 56.6. The second kappa shape index (κ2) is 48.3. The highest BCUT2D eigenvalue weighted by Gasteiger charge is 2.31. The Balaban J connectivity index is 4.15. The summed E-state index contributed by atoms with van der Waals surface area (Å²) < 4.78 is 17.4. The van der Waals surface area contributed by atoms with Gasteiger partial charge in [0.15, 0.2) is 12.1 Å². The Morgan fingerprint density at radius 3 is 1.20 bits per heavy atom. The van der Waals surface area contributed by atoms with Gasteiger partial charge in [-0.1, -0.05) is 231 Å². The molecule has 2 atom stereocenters. The molecule has 8 heteroatoms. The van der Waals surface area contributed by atoms with Crippen LogP contribution in [0.1, 0.15) is 271 Å². The van der Waals surface area contributed by atoms with Gasteiger partial charge in [0.1, 0.15) is 6.61 Å². The van der Waals surface area contributed by atoms with E-state index in [0.717, 1.165) is 51.4 Å². The molecule has 0 aliphatic rings. The summed E-state index contributed by atoms with van der Waals surface area (Å²) >= 11 is 0. The first-order chi connectivity index (χ1) is 31.6. The third-order valence-corrected chi connectivity index (χ3v) is 12.9. The van der Waals surface area contributed by atoms with Crippen LogP contribution in [0.4, 0.5) is 0 Å². The fourth-order valence-electron chi connectivity index (χ4n) is 8.54. The number of unbranched alkanes of at least 4 members (excludes halogenated alkanes) is 33. The minimum Gasteiger partial charge on any atom is -0.477 e. The standard InChI is InChI=1S/C57H107NO7/c1-6-8-10-12-14-16-18-20-22-24-26-27-28-29-30-32-33-35-37-39-41-43-45-47-55(59)64-52-53(51-63-50-49-54(57(61)62)58(3,4)5)65-56(60)48-46-44-42-40-38-36-34-31-25-23-21-19-17-15-13-11-9-7-2/h17,19,23,25,53-54H,6-16,18,20-22,24,26-52H2,1-5H3/p+1/b19-17-,25-23-. The first-order valence-corrected chi connectivity index (χ1v) is 27.9. The number of hydrogen-bond acceptors (Lipinski definition) is 6. The molecule has 0 heterocycles. The molecule has 0 bridgehead atoms. The van der Waals surface area contributed by atoms with Gasteiger partial charge in [-0.2, -0.15) is 0 Å². The summed E-state index contributed by atoms with van der Waals surface area (Å²) in [5.74, 6) is -1.46. The van der Waals surface area contributed by atoms with Crippen molar-refractivity contribution in [3.8, 4) is 0 Å². The van der Waals surface area contributed by atoms with Gasteiger partial charge in [-0.15, -0.1) is 0 Å². The largest absolute Gasteiger partial charge is 0.477 e. The minimum absolute atomic E-state index is 0.0490. The van der Waals surface area contributed by atoms with Crippen molar-refractivity contribution in [1.29, 1.82) is 0 Å². The molecule has 2 unspecified atom stereocenters. The van der Waals surface area contributed by atoms with E-state index in [-0.39, 0.29) is 36.2 Å². The summed E-state index contributed by atoms with van der Waals surface area (Å²) in [5, 5.41) is 9.67. The van der Waals surface area contributed by atoms with Gasteiger partial charge in [-0.25, -0.2) is 4.79 Å². The Morgan fingerprint density at radius 1 is 0.462 bits per heavy atom. The van der Waals surface area contributed by atoms with E-state index < -0.39 is 18.1 Å². The molecule has 65 heavy (non-hydrogen) atoms. The van der Waals surface area contributed by atoms with Crippen molar-refractivity contribution >= 4 is 17.9 Å². The number of aliphatic carboxylic acids is 1. The number of carboxylic acid groups (broad SMARTS) is 1. The second-order valence-corrected chi connectivity index (χ2v) is 20.2. The quantitative estimate of drug-likeness (QED) is 0.0281. The first kappa shape index (κ1) is 62.8. The lowest BCUT2D eigenvalue weighted by Crippen LogP contribution is -2.50. The van der Waals surface area contributed by atoms with Gasteiger partial charge in [-0.3, -0.25) is 9.59 Å². The van der Waals surface area contributed by atoms with E-state index in [9.17, 15) is 19.5 Å². The number of carbonyl (C=O) groups is 3. The molecule has 0 radical (unpaired) electrons. The molecule has 0 rings (SSSR count). The molecule has 0 aromatic carbocycles. The van der Waals surface area contributed by atoms with Crippen LogP contribution in [0.3, 0.4) is 0 Å². The highest BCUT2D eigenvalue weighted by molar-refractivity contribution is 5.72. The maximum atomic E-state index is 12.8. The average Bonchev–Trinajstić information content (AvgIpc) is 3.27. The molecule has 0 saturated heterocycles. The Morgan fingerprint density at radius 2 is 0.815 bits per heavy atom. The molecular weight excluding hydrogens is 811 g/mol. The third kappa shape index (κ3) is 46.7. The monoisotopic (exact) mass is 919 g/mol. The predicted molar refractivity (Wildman–Crippen MR) is 275 cm³/mol. The molecule has 0 amide bonds. The van der Waals surface area contributed by atoms with Gasteiger partial charge in [-0.05, 0) is 44.9 Å². The molecule has 0 aromatic heterocycles. The van der Waals surface area contributed by atoms with Crippen LogP contribution in [0.2, 0.25) is 0 Å². The van der Waals surface area contributed by atoms with Crippen LogP contribution in [0.25, 0.3) is 0 Å². The van der Waals surface area contributed by atoms with Gasteiger partial charge < -0.3 is 23.8 Å². The number of nitrogens with zero attached hydrogens (tertiary/aromatic N) is 1. The summed E-state index contributed by atoms with van der Waals surface area (Å²) in [6.45, 7) is 4.76. The zero-order chi connectivity index (χ0) is 47.7. The van der Waals surface area contributed by atoms with E-state index >= 15 is 0 Å². The van der Waals surface area contributed by atoms with Crippen molar-refractivity contribution in [1.82, 2.24) is 0 Å². The number of esters is 2. The van der Waals surface area contributed by atoms with Crippen molar-refractivity contribution < 1.29 is 38.2 Å². The minimum atomic E-state index is -0.872. The van der Waals surface area contributed by atoms with Gasteiger partial charge in [0.25, 0.3) is 0 Å². The first-order valence-electron chi connectivity index (χ1n) is 27.9. The van der Waals surface area contributed by atoms with Gasteiger partial charge in [0.05, 0.1) is 34.4 Å². The molecule has 0 fully saturated rings.